The predicted molar refractivity (Wildman–Crippen MR) is 81.6 cm³/mol. The number of carbonyl (C=O) groups is 1. The molecule has 116 valence electrons. The quantitative estimate of drug-likeness (QED) is 0.909. The van der Waals surface area contributed by atoms with Crippen molar-refractivity contribution in [2.75, 3.05) is 26.3 Å². The molecule has 0 unspecified atom stereocenters. The van der Waals surface area contributed by atoms with Crippen LogP contribution in [0.1, 0.15) is 25.3 Å². The van der Waals surface area contributed by atoms with Crippen molar-refractivity contribution in [3.63, 3.8) is 0 Å². The van der Waals surface area contributed by atoms with Crippen LogP contribution in [-0.2, 0) is 11.3 Å². The summed E-state index contributed by atoms with van der Waals surface area (Å²) in [5, 5.41) is 4.91. The highest BCUT2D eigenvalue weighted by molar-refractivity contribution is 6.30. The zero-order valence-electron chi connectivity index (χ0n) is 12.2. The first-order chi connectivity index (χ1) is 10.2. The van der Waals surface area contributed by atoms with Gasteiger partial charge in [0.15, 0.2) is 0 Å². The van der Waals surface area contributed by atoms with Crippen LogP contribution in [0.15, 0.2) is 18.2 Å². The highest BCUT2D eigenvalue weighted by Crippen LogP contribution is 2.23. The zero-order chi connectivity index (χ0) is 15.1. The van der Waals surface area contributed by atoms with Crippen molar-refractivity contribution in [2.45, 2.75) is 26.2 Å². The molecule has 5 nitrogen and oxygen atoms in total. The number of nitrogens with one attached hydrogen (secondary N) is 1. The fourth-order valence-corrected chi connectivity index (χ4v) is 2.38. The van der Waals surface area contributed by atoms with E-state index in [-0.39, 0.29) is 6.03 Å². The van der Waals surface area contributed by atoms with Crippen LogP contribution in [0.25, 0.3) is 0 Å². The van der Waals surface area contributed by atoms with E-state index < -0.39 is 0 Å². The van der Waals surface area contributed by atoms with Gasteiger partial charge in [0.2, 0.25) is 0 Å². The molecule has 21 heavy (non-hydrogen) atoms. The Morgan fingerprint density at radius 1 is 1.48 bits per heavy atom. The molecule has 0 spiro atoms. The van der Waals surface area contributed by atoms with Crippen LogP contribution >= 0.6 is 11.6 Å². The summed E-state index contributed by atoms with van der Waals surface area (Å²) in [6.45, 7) is 4.30. The second-order valence-electron chi connectivity index (χ2n) is 4.81. The third-order valence-corrected chi connectivity index (χ3v) is 3.46. The molecule has 1 aliphatic rings. The minimum Gasteiger partial charge on any atom is -0.494 e. The van der Waals surface area contributed by atoms with Gasteiger partial charge in [-0.1, -0.05) is 11.6 Å². The van der Waals surface area contributed by atoms with E-state index in [1.165, 1.54) is 5.06 Å². The Hall–Kier alpha value is -1.46. The second-order valence-corrected chi connectivity index (χ2v) is 5.25. The van der Waals surface area contributed by atoms with E-state index in [1.807, 2.05) is 19.1 Å². The normalized spacial score (nSPS) is 14.9. The molecule has 1 heterocycles. The number of hydrogen-bond acceptors (Lipinski definition) is 3. The Bertz CT molecular complexity index is 476. The van der Waals surface area contributed by atoms with Crippen molar-refractivity contribution in [1.82, 2.24) is 10.4 Å². The molecule has 0 aliphatic carbocycles. The van der Waals surface area contributed by atoms with Gasteiger partial charge in [-0.15, -0.1) is 0 Å². The van der Waals surface area contributed by atoms with Crippen LogP contribution in [0, 0.1) is 0 Å². The lowest BCUT2D eigenvalue weighted by Crippen LogP contribution is -2.43. The smallest absolute Gasteiger partial charge is 0.341 e. The SMILES string of the molecule is CCOc1ccc(Cl)cc1CCNC(=O)N1CCCCO1. The summed E-state index contributed by atoms with van der Waals surface area (Å²) in [6, 6.07) is 5.35. The molecule has 1 aromatic carbocycles. The zero-order valence-corrected chi connectivity index (χ0v) is 13.0. The Kier molecular flexibility index (Phi) is 6.14. The van der Waals surface area contributed by atoms with Gasteiger partial charge in [0, 0.05) is 11.6 Å². The Morgan fingerprint density at radius 2 is 2.33 bits per heavy atom. The molecule has 1 saturated heterocycles. The molecule has 0 saturated carbocycles. The van der Waals surface area contributed by atoms with Gasteiger partial charge in [-0.2, -0.15) is 0 Å². The van der Waals surface area contributed by atoms with Gasteiger partial charge in [-0.25, -0.2) is 9.86 Å². The molecular formula is C15H21ClN2O3. The number of carbonyl (C=O) groups excluding carboxylic acids is 1. The molecule has 1 aliphatic heterocycles. The fourth-order valence-electron chi connectivity index (χ4n) is 2.19. The Balaban J connectivity index is 1.84. The van der Waals surface area contributed by atoms with Gasteiger partial charge in [0.05, 0.1) is 19.8 Å². The number of amides is 2. The van der Waals surface area contributed by atoms with Gasteiger partial charge in [0.25, 0.3) is 0 Å². The minimum atomic E-state index is -0.185. The average molecular weight is 313 g/mol. The van der Waals surface area contributed by atoms with Crippen molar-refractivity contribution >= 4 is 17.6 Å². The molecule has 6 heteroatoms. The molecular weight excluding hydrogens is 292 g/mol. The first-order valence-electron chi connectivity index (χ1n) is 7.30. The summed E-state index contributed by atoms with van der Waals surface area (Å²) >= 11 is 6.01. The first kappa shape index (κ1) is 15.9. The number of nitrogens with zero attached hydrogens (tertiary/aromatic N) is 1. The van der Waals surface area contributed by atoms with Crippen molar-refractivity contribution in [3.8, 4) is 5.75 Å². The van der Waals surface area contributed by atoms with Gasteiger partial charge in [-0.05, 0) is 49.9 Å². The molecule has 0 atom stereocenters. The summed E-state index contributed by atoms with van der Waals surface area (Å²) in [4.78, 5) is 17.2. The van der Waals surface area contributed by atoms with Crippen molar-refractivity contribution < 1.29 is 14.4 Å². The molecule has 1 N–H and O–H groups in total. The number of halogens is 1. The lowest BCUT2D eigenvalue weighted by molar-refractivity contribution is -0.139. The van der Waals surface area contributed by atoms with Crippen LogP contribution in [-0.4, -0.2) is 37.4 Å². The van der Waals surface area contributed by atoms with Crippen LogP contribution in [0.5, 0.6) is 5.75 Å². The van der Waals surface area contributed by atoms with Crippen molar-refractivity contribution in [2.24, 2.45) is 0 Å². The molecule has 0 radical (unpaired) electrons. The summed E-state index contributed by atoms with van der Waals surface area (Å²) < 4.78 is 5.56. The Morgan fingerprint density at radius 3 is 3.05 bits per heavy atom. The van der Waals surface area contributed by atoms with E-state index in [0.29, 0.717) is 37.7 Å². The molecule has 0 bridgehead atoms. The second kappa shape index (κ2) is 8.10. The van der Waals surface area contributed by atoms with Gasteiger partial charge in [0.1, 0.15) is 5.75 Å². The standard InChI is InChI=1S/C15H21ClN2O3/c1-2-20-14-6-5-13(16)11-12(14)7-8-17-15(19)18-9-3-4-10-21-18/h5-6,11H,2-4,7-10H2,1H3,(H,17,19). The lowest BCUT2D eigenvalue weighted by Gasteiger charge is -2.25. The summed E-state index contributed by atoms with van der Waals surface area (Å²) in [6.07, 6.45) is 2.65. The minimum absolute atomic E-state index is 0.185. The van der Waals surface area contributed by atoms with Crippen molar-refractivity contribution in [1.29, 1.82) is 0 Å². The Labute approximate surface area is 130 Å². The van der Waals surface area contributed by atoms with E-state index in [0.717, 1.165) is 24.2 Å². The van der Waals surface area contributed by atoms with Gasteiger partial charge in [-0.3, -0.25) is 4.84 Å². The predicted octanol–water partition coefficient (Wildman–Crippen LogP) is 3.02. The topological polar surface area (TPSA) is 50.8 Å². The molecule has 0 aromatic heterocycles. The lowest BCUT2D eigenvalue weighted by atomic mass is 10.1. The molecule has 1 fully saturated rings. The number of hydrogen-bond donors (Lipinski definition) is 1. The fraction of sp³-hybridized carbons (Fsp3) is 0.533. The summed E-state index contributed by atoms with van der Waals surface area (Å²) in [5.41, 5.74) is 0.990. The third-order valence-electron chi connectivity index (χ3n) is 3.22. The van der Waals surface area contributed by atoms with Crippen LogP contribution < -0.4 is 10.1 Å². The first-order valence-corrected chi connectivity index (χ1v) is 7.68. The maximum Gasteiger partial charge on any atom is 0.341 e. The van der Waals surface area contributed by atoms with E-state index in [4.69, 9.17) is 21.2 Å². The number of rotatable bonds is 5. The van der Waals surface area contributed by atoms with Crippen molar-refractivity contribution in [3.05, 3.63) is 28.8 Å². The van der Waals surface area contributed by atoms with Gasteiger partial charge >= 0.3 is 6.03 Å². The van der Waals surface area contributed by atoms with E-state index in [1.54, 1.807) is 6.07 Å². The number of hydroxylamine groups is 2. The van der Waals surface area contributed by atoms with E-state index in [9.17, 15) is 4.79 Å². The van der Waals surface area contributed by atoms with Crippen LogP contribution in [0.4, 0.5) is 4.79 Å². The number of benzene rings is 1. The molecule has 2 amide bonds. The largest absolute Gasteiger partial charge is 0.494 e. The molecule has 2 rings (SSSR count). The number of ether oxygens (including phenoxy) is 1. The maximum absolute atomic E-state index is 11.9. The number of urea groups is 1. The third kappa shape index (κ3) is 4.79. The van der Waals surface area contributed by atoms with Gasteiger partial charge < -0.3 is 10.1 Å². The summed E-state index contributed by atoms with van der Waals surface area (Å²) in [5.74, 6) is 0.811. The average Bonchev–Trinajstić information content (AvgIpc) is 2.51. The molecule has 1 aromatic rings. The van der Waals surface area contributed by atoms with E-state index in [2.05, 4.69) is 5.32 Å². The van der Waals surface area contributed by atoms with Crippen LogP contribution in [0.2, 0.25) is 5.02 Å². The monoisotopic (exact) mass is 312 g/mol. The highest BCUT2D eigenvalue weighted by Gasteiger charge is 2.17. The maximum atomic E-state index is 11.9. The van der Waals surface area contributed by atoms with Crippen LogP contribution in [0.3, 0.4) is 0 Å². The highest BCUT2D eigenvalue weighted by atomic mass is 35.5. The summed E-state index contributed by atoms with van der Waals surface area (Å²) in [7, 11) is 0. The van der Waals surface area contributed by atoms with E-state index >= 15 is 0 Å².